The third kappa shape index (κ3) is 3.04. The molecule has 0 saturated carbocycles. The standard InChI is InChI=1S/C23H15N5O2S/c29-23-19-13-18(17-8-3-6-15-5-1-2-7-16(15)17)25-28(19)11-10-27(23)14-21-24-22(26-30-21)20-9-4-12-31-20/h1-13H,14H2. The van der Waals surface area contributed by atoms with E-state index < -0.39 is 0 Å². The van der Waals surface area contributed by atoms with E-state index in [2.05, 4.69) is 33.4 Å². The van der Waals surface area contributed by atoms with Gasteiger partial charge in [0.05, 0.1) is 10.6 Å². The number of hydrogen-bond donors (Lipinski definition) is 0. The fourth-order valence-electron chi connectivity index (χ4n) is 3.70. The largest absolute Gasteiger partial charge is 0.337 e. The monoisotopic (exact) mass is 425 g/mol. The molecule has 0 aliphatic carbocycles. The van der Waals surface area contributed by atoms with Crippen molar-refractivity contribution in [2.45, 2.75) is 6.54 Å². The SMILES string of the molecule is O=c1c2cc(-c3cccc4ccccc34)nn2ccn1Cc1nc(-c2cccs2)no1. The number of benzene rings is 2. The first kappa shape index (κ1) is 17.8. The predicted octanol–water partition coefficient (Wildman–Crippen LogP) is 4.48. The number of fused-ring (bicyclic) bond motifs is 2. The third-order valence-corrected chi connectivity index (χ3v) is 6.05. The molecule has 0 fully saturated rings. The van der Waals surface area contributed by atoms with Crippen LogP contribution in [0.2, 0.25) is 0 Å². The van der Waals surface area contributed by atoms with E-state index in [4.69, 9.17) is 4.52 Å². The van der Waals surface area contributed by atoms with Crippen LogP contribution in [-0.2, 0) is 6.54 Å². The van der Waals surface area contributed by atoms with E-state index in [1.165, 1.54) is 11.3 Å². The van der Waals surface area contributed by atoms with Gasteiger partial charge in [-0.25, -0.2) is 4.52 Å². The summed E-state index contributed by atoms with van der Waals surface area (Å²) >= 11 is 1.54. The Kier molecular flexibility index (Phi) is 4.03. The smallest absolute Gasteiger partial charge is 0.277 e. The highest BCUT2D eigenvalue weighted by atomic mass is 32.1. The Balaban J connectivity index is 1.39. The van der Waals surface area contributed by atoms with Crippen LogP contribution in [0.3, 0.4) is 0 Å². The second kappa shape index (κ2) is 7.03. The third-order valence-electron chi connectivity index (χ3n) is 5.18. The second-order valence-electron chi connectivity index (χ2n) is 7.11. The molecule has 31 heavy (non-hydrogen) atoms. The van der Waals surface area contributed by atoms with Crippen molar-refractivity contribution in [2.24, 2.45) is 0 Å². The molecule has 6 aromatic rings. The van der Waals surface area contributed by atoms with E-state index in [9.17, 15) is 4.79 Å². The molecule has 6 rings (SSSR count). The summed E-state index contributed by atoms with van der Waals surface area (Å²) in [6.07, 6.45) is 3.45. The van der Waals surface area contributed by atoms with Gasteiger partial charge in [0.2, 0.25) is 11.7 Å². The minimum atomic E-state index is -0.169. The molecule has 4 heterocycles. The first-order valence-corrected chi connectivity index (χ1v) is 10.6. The maximum Gasteiger partial charge on any atom is 0.277 e. The maximum absolute atomic E-state index is 13.1. The van der Waals surface area contributed by atoms with Crippen molar-refractivity contribution < 1.29 is 4.52 Å². The van der Waals surface area contributed by atoms with Crippen molar-refractivity contribution in [1.29, 1.82) is 0 Å². The van der Waals surface area contributed by atoms with Gasteiger partial charge >= 0.3 is 0 Å². The first-order chi connectivity index (χ1) is 15.3. The van der Waals surface area contributed by atoms with Gasteiger partial charge in [-0.1, -0.05) is 53.7 Å². The molecule has 0 atom stereocenters. The second-order valence-corrected chi connectivity index (χ2v) is 8.05. The molecule has 0 N–H and O–H groups in total. The molecule has 150 valence electrons. The van der Waals surface area contributed by atoms with Crippen LogP contribution in [0, 0.1) is 0 Å². The molecule has 4 aromatic heterocycles. The zero-order valence-corrected chi connectivity index (χ0v) is 17.0. The Hall–Kier alpha value is -4.04. The van der Waals surface area contributed by atoms with Crippen molar-refractivity contribution in [3.8, 4) is 22.0 Å². The molecular weight excluding hydrogens is 410 g/mol. The van der Waals surface area contributed by atoms with Gasteiger partial charge in [0.15, 0.2) is 0 Å². The Labute approximate surface area is 179 Å². The minimum absolute atomic E-state index is 0.169. The molecule has 0 bridgehead atoms. The molecule has 7 nitrogen and oxygen atoms in total. The van der Waals surface area contributed by atoms with Crippen molar-refractivity contribution in [1.82, 2.24) is 24.3 Å². The molecular formula is C23H15N5O2S. The lowest BCUT2D eigenvalue weighted by atomic mass is 10.0. The van der Waals surface area contributed by atoms with Crippen LogP contribution >= 0.6 is 11.3 Å². The van der Waals surface area contributed by atoms with E-state index in [1.807, 2.05) is 47.8 Å². The first-order valence-electron chi connectivity index (χ1n) is 9.70. The van der Waals surface area contributed by atoms with Gasteiger partial charge < -0.3 is 9.09 Å². The number of rotatable bonds is 4. The molecule has 0 unspecified atom stereocenters. The Bertz CT molecular complexity index is 1590. The number of nitrogens with zero attached hydrogens (tertiary/aromatic N) is 5. The molecule has 0 saturated heterocycles. The van der Waals surface area contributed by atoms with Gasteiger partial charge in [0.1, 0.15) is 12.1 Å². The van der Waals surface area contributed by atoms with E-state index in [1.54, 1.807) is 21.5 Å². The van der Waals surface area contributed by atoms with Crippen molar-refractivity contribution >= 4 is 27.6 Å². The lowest BCUT2D eigenvalue weighted by molar-refractivity contribution is 0.370. The highest BCUT2D eigenvalue weighted by Crippen LogP contribution is 2.28. The van der Waals surface area contributed by atoms with Gasteiger partial charge in [-0.15, -0.1) is 11.3 Å². The highest BCUT2D eigenvalue weighted by molar-refractivity contribution is 7.13. The van der Waals surface area contributed by atoms with E-state index in [0.29, 0.717) is 17.2 Å². The minimum Gasteiger partial charge on any atom is -0.337 e. The summed E-state index contributed by atoms with van der Waals surface area (Å²) in [5.41, 5.74) is 2.07. The van der Waals surface area contributed by atoms with Gasteiger partial charge in [-0.2, -0.15) is 10.1 Å². The fourth-order valence-corrected chi connectivity index (χ4v) is 4.35. The van der Waals surface area contributed by atoms with Crippen LogP contribution in [0.4, 0.5) is 0 Å². The van der Waals surface area contributed by atoms with Crippen molar-refractivity contribution in [2.75, 3.05) is 0 Å². The van der Waals surface area contributed by atoms with E-state index in [-0.39, 0.29) is 12.1 Å². The average molecular weight is 425 g/mol. The van der Waals surface area contributed by atoms with Gasteiger partial charge in [0.25, 0.3) is 5.56 Å². The zero-order valence-electron chi connectivity index (χ0n) is 16.2. The van der Waals surface area contributed by atoms with E-state index >= 15 is 0 Å². The van der Waals surface area contributed by atoms with Crippen LogP contribution in [-0.4, -0.2) is 24.3 Å². The number of thiophene rings is 1. The summed E-state index contributed by atoms with van der Waals surface area (Å²) in [5, 5.41) is 12.8. The van der Waals surface area contributed by atoms with Crippen LogP contribution in [0.1, 0.15) is 5.89 Å². The van der Waals surface area contributed by atoms with Crippen molar-refractivity contribution in [3.05, 3.63) is 94.7 Å². The predicted molar refractivity (Wildman–Crippen MR) is 119 cm³/mol. The lowest BCUT2D eigenvalue weighted by Crippen LogP contribution is -2.21. The quantitative estimate of drug-likeness (QED) is 0.416. The Morgan fingerprint density at radius 3 is 2.81 bits per heavy atom. The molecule has 8 heteroatoms. The molecule has 0 radical (unpaired) electrons. The Morgan fingerprint density at radius 2 is 1.90 bits per heavy atom. The van der Waals surface area contributed by atoms with Crippen LogP contribution in [0.5, 0.6) is 0 Å². The summed E-state index contributed by atoms with van der Waals surface area (Å²) in [5.74, 6) is 0.908. The van der Waals surface area contributed by atoms with Crippen molar-refractivity contribution in [3.63, 3.8) is 0 Å². The molecule has 2 aromatic carbocycles. The molecule has 0 spiro atoms. The normalized spacial score (nSPS) is 11.5. The maximum atomic E-state index is 13.1. The van der Waals surface area contributed by atoms with Gasteiger partial charge in [-0.3, -0.25) is 4.79 Å². The molecule has 0 aliphatic rings. The molecule has 0 aliphatic heterocycles. The topological polar surface area (TPSA) is 78.2 Å². The van der Waals surface area contributed by atoms with Crippen LogP contribution < -0.4 is 5.56 Å². The summed E-state index contributed by atoms with van der Waals surface area (Å²) in [4.78, 5) is 18.4. The Morgan fingerprint density at radius 1 is 1.00 bits per heavy atom. The average Bonchev–Trinajstić information content (AvgIpc) is 3.56. The van der Waals surface area contributed by atoms with Gasteiger partial charge in [-0.05, 0) is 28.3 Å². The lowest BCUT2D eigenvalue weighted by Gasteiger charge is -2.03. The highest BCUT2D eigenvalue weighted by Gasteiger charge is 2.14. The summed E-state index contributed by atoms with van der Waals surface area (Å²) < 4.78 is 8.51. The fraction of sp³-hybridized carbons (Fsp3) is 0.0435. The zero-order chi connectivity index (χ0) is 20.8. The van der Waals surface area contributed by atoms with Crippen LogP contribution in [0.25, 0.3) is 38.2 Å². The summed E-state index contributed by atoms with van der Waals surface area (Å²) in [7, 11) is 0. The van der Waals surface area contributed by atoms with Crippen LogP contribution in [0.15, 0.2) is 87.8 Å². The number of aromatic nitrogens is 5. The summed E-state index contributed by atoms with van der Waals surface area (Å²) in [6, 6.07) is 19.9. The van der Waals surface area contributed by atoms with Gasteiger partial charge in [0, 0.05) is 18.0 Å². The molecule has 0 amide bonds. The number of hydrogen-bond acceptors (Lipinski definition) is 6. The van der Waals surface area contributed by atoms with E-state index in [0.717, 1.165) is 26.9 Å². The summed E-state index contributed by atoms with van der Waals surface area (Å²) in [6.45, 7) is 0.197.